The summed E-state index contributed by atoms with van der Waals surface area (Å²) in [5.41, 5.74) is 2.02. The van der Waals surface area contributed by atoms with Crippen LogP contribution in [0.5, 0.6) is 0 Å². The van der Waals surface area contributed by atoms with Gasteiger partial charge in [0.1, 0.15) is 0 Å². The lowest BCUT2D eigenvalue weighted by molar-refractivity contribution is -0.138. The number of aromatic nitrogens is 1. The predicted molar refractivity (Wildman–Crippen MR) is 143 cm³/mol. The van der Waals surface area contributed by atoms with Gasteiger partial charge in [0.25, 0.3) is 5.91 Å². The van der Waals surface area contributed by atoms with E-state index in [1.807, 2.05) is 24.3 Å². The zero-order valence-corrected chi connectivity index (χ0v) is 21.9. The molecular weight excluding hydrogens is 513 g/mol. The van der Waals surface area contributed by atoms with Gasteiger partial charge < -0.3 is 10.4 Å². The fourth-order valence-corrected chi connectivity index (χ4v) is 5.06. The zero-order chi connectivity index (χ0) is 27.5. The van der Waals surface area contributed by atoms with Gasteiger partial charge in [-0.3, -0.25) is 14.6 Å². The van der Waals surface area contributed by atoms with E-state index < -0.39 is 17.7 Å². The molecule has 1 aromatic heterocycles. The van der Waals surface area contributed by atoms with E-state index in [2.05, 4.69) is 17.2 Å². The molecule has 0 saturated carbocycles. The highest BCUT2D eigenvalue weighted by molar-refractivity contribution is 7.99. The Hall–Kier alpha value is -3.33. The first-order valence-corrected chi connectivity index (χ1v) is 13.5. The minimum atomic E-state index is -4.37. The topological polar surface area (TPSA) is 79.3 Å². The molecule has 202 valence electrons. The van der Waals surface area contributed by atoms with E-state index in [0.29, 0.717) is 16.8 Å². The third kappa shape index (κ3) is 8.90. The summed E-state index contributed by atoms with van der Waals surface area (Å²) in [7, 11) is 0. The molecule has 0 fully saturated rings. The van der Waals surface area contributed by atoms with Crippen LogP contribution in [-0.4, -0.2) is 28.5 Å². The van der Waals surface area contributed by atoms with Crippen molar-refractivity contribution in [3.63, 3.8) is 0 Å². The third-order valence-electron chi connectivity index (χ3n) is 6.01. The van der Waals surface area contributed by atoms with Gasteiger partial charge in [0.05, 0.1) is 17.7 Å². The fourth-order valence-electron chi connectivity index (χ4n) is 3.88. The minimum absolute atomic E-state index is 0.0694. The fraction of sp³-hybridized carbons (Fsp3) is 0.345. The van der Waals surface area contributed by atoms with Crippen molar-refractivity contribution in [2.24, 2.45) is 0 Å². The zero-order valence-electron chi connectivity index (χ0n) is 21.1. The largest absolute Gasteiger partial charge is 0.481 e. The SMILES string of the molecule is CCCCCC[C@@H](Sc1ccc(C(=O)NCCC(=O)O)cc1)c1ccc(-c2ccc(C(F)(F)F)cc2)nc1. The van der Waals surface area contributed by atoms with Gasteiger partial charge in [-0.05, 0) is 54.4 Å². The molecule has 0 saturated heterocycles. The van der Waals surface area contributed by atoms with Crippen LogP contribution < -0.4 is 5.32 Å². The van der Waals surface area contributed by atoms with E-state index in [-0.39, 0.29) is 24.1 Å². The Bertz CT molecular complexity index is 1180. The predicted octanol–water partition coefficient (Wildman–Crippen LogP) is 7.78. The lowest BCUT2D eigenvalue weighted by Crippen LogP contribution is -2.25. The van der Waals surface area contributed by atoms with Gasteiger partial charge in [0.2, 0.25) is 0 Å². The van der Waals surface area contributed by atoms with Gasteiger partial charge in [0, 0.05) is 34.0 Å². The number of hydrogen-bond acceptors (Lipinski definition) is 4. The van der Waals surface area contributed by atoms with Crippen molar-refractivity contribution in [3.8, 4) is 11.3 Å². The summed E-state index contributed by atoms with van der Waals surface area (Å²) >= 11 is 1.67. The Kier molecular flexibility index (Phi) is 10.8. The minimum Gasteiger partial charge on any atom is -0.481 e. The number of alkyl halides is 3. The Morgan fingerprint density at radius 1 is 0.974 bits per heavy atom. The van der Waals surface area contributed by atoms with Gasteiger partial charge in [-0.15, -0.1) is 11.8 Å². The van der Waals surface area contributed by atoms with Crippen LogP contribution in [0.15, 0.2) is 71.8 Å². The van der Waals surface area contributed by atoms with E-state index in [1.54, 1.807) is 30.1 Å². The van der Waals surface area contributed by atoms with Crippen molar-refractivity contribution in [1.29, 1.82) is 0 Å². The van der Waals surface area contributed by atoms with Gasteiger partial charge >= 0.3 is 12.1 Å². The first-order valence-electron chi connectivity index (χ1n) is 12.6. The average molecular weight is 545 g/mol. The number of aliphatic carboxylic acids is 1. The van der Waals surface area contributed by atoms with E-state index >= 15 is 0 Å². The van der Waals surface area contributed by atoms with E-state index in [0.717, 1.165) is 54.7 Å². The number of rotatable bonds is 13. The molecule has 38 heavy (non-hydrogen) atoms. The number of nitrogens with one attached hydrogen (secondary N) is 1. The molecule has 0 bridgehead atoms. The van der Waals surface area contributed by atoms with Crippen LogP contribution >= 0.6 is 11.8 Å². The summed E-state index contributed by atoms with van der Waals surface area (Å²) in [6.45, 7) is 2.23. The molecule has 0 aliphatic heterocycles. The third-order valence-corrected chi connectivity index (χ3v) is 7.34. The standard InChI is InChI=1S/C29H31F3N2O3S/c1-2-3-4-5-6-26(38-24-14-9-21(10-15-24)28(37)33-18-17-27(35)36)22-11-16-25(34-19-22)20-7-12-23(13-8-20)29(30,31)32/h7-16,19,26H,2-6,17-18H2,1H3,(H,33,37)(H,35,36)/t26-/m1/s1. The van der Waals surface area contributed by atoms with E-state index in [4.69, 9.17) is 5.11 Å². The quantitative estimate of drug-likeness (QED) is 0.170. The molecule has 5 nitrogen and oxygen atoms in total. The van der Waals surface area contributed by atoms with Crippen LogP contribution in [0.3, 0.4) is 0 Å². The van der Waals surface area contributed by atoms with Gasteiger partial charge in [-0.2, -0.15) is 13.2 Å². The maximum atomic E-state index is 12.9. The smallest absolute Gasteiger partial charge is 0.416 e. The molecule has 0 spiro atoms. The number of nitrogens with zero attached hydrogens (tertiary/aromatic N) is 1. The molecule has 1 amide bonds. The van der Waals surface area contributed by atoms with E-state index in [1.165, 1.54) is 12.1 Å². The lowest BCUT2D eigenvalue weighted by Gasteiger charge is -2.18. The highest BCUT2D eigenvalue weighted by atomic mass is 32.2. The molecule has 3 aromatic rings. The number of hydrogen-bond donors (Lipinski definition) is 2. The molecule has 0 unspecified atom stereocenters. The number of pyridine rings is 1. The van der Waals surface area contributed by atoms with Gasteiger partial charge in [-0.25, -0.2) is 0 Å². The number of benzene rings is 2. The maximum absolute atomic E-state index is 12.9. The number of carbonyl (C=O) groups is 2. The molecule has 9 heteroatoms. The Morgan fingerprint density at radius 2 is 1.68 bits per heavy atom. The van der Waals surface area contributed by atoms with Crippen molar-refractivity contribution in [2.45, 2.75) is 61.8 Å². The summed E-state index contributed by atoms with van der Waals surface area (Å²) in [5, 5.41) is 11.4. The van der Waals surface area contributed by atoms with Crippen LogP contribution in [0.2, 0.25) is 0 Å². The van der Waals surface area contributed by atoms with Crippen LogP contribution in [-0.2, 0) is 11.0 Å². The number of carbonyl (C=O) groups excluding carboxylic acids is 1. The summed E-state index contributed by atoms with van der Waals surface area (Å²) in [5.74, 6) is -1.29. The van der Waals surface area contributed by atoms with Crippen molar-refractivity contribution in [1.82, 2.24) is 10.3 Å². The molecule has 2 aromatic carbocycles. The number of thioether (sulfide) groups is 1. The highest BCUT2D eigenvalue weighted by Crippen LogP contribution is 2.39. The van der Waals surface area contributed by atoms with Crippen molar-refractivity contribution < 1.29 is 27.9 Å². The van der Waals surface area contributed by atoms with Crippen LogP contribution in [0.4, 0.5) is 13.2 Å². The summed E-state index contributed by atoms with van der Waals surface area (Å²) in [4.78, 5) is 28.4. The normalized spacial score (nSPS) is 12.2. The molecule has 1 heterocycles. The first-order chi connectivity index (χ1) is 18.2. The van der Waals surface area contributed by atoms with Crippen LogP contribution in [0, 0.1) is 0 Å². The number of carboxylic acids is 1. The van der Waals surface area contributed by atoms with E-state index in [9.17, 15) is 22.8 Å². The van der Waals surface area contributed by atoms with Crippen LogP contribution in [0.25, 0.3) is 11.3 Å². The van der Waals surface area contributed by atoms with Gasteiger partial charge in [0.15, 0.2) is 0 Å². The van der Waals surface area contributed by atoms with Crippen molar-refractivity contribution in [2.75, 3.05) is 6.54 Å². The average Bonchev–Trinajstić information content (AvgIpc) is 2.90. The second-order valence-corrected chi connectivity index (χ2v) is 10.2. The second-order valence-electron chi connectivity index (χ2n) is 8.93. The Balaban J connectivity index is 1.71. The van der Waals surface area contributed by atoms with Crippen molar-refractivity contribution in [3.05, 3.63) is 83.6 Å². The molecule has 0 aliphatic carbocycles. The summed E-state index contributed by atoms with van der Waals surface area (Å²) < 4.78 is 38.6. The molecular formula is C29H31F3N2O3S. The first kappa shape index (κ1) is 29.2. The summed E-state index contributed by atoms with van der Waals surface area (Å²) in [6.07, 6.45) is 2.69. The summed E-state index contributed by atoms with van der Waals surface area (Å²) in [6, 6.07) is 16.0. The number of unbranched alkanes of at least 4 members (excludes halogenated alkanes) is 3. The maximum Gasteiger partial charge on any atom is 0.416 e. The number of carboxylic acid groups (broad SMARTS) is 1. The monoisotopic (exact) mass is 544 g/mol. The second kappa shape index (κ2) is 14.0. The lowest BCUT2D eigenvalue weighted by atomic mass is 10.0. The molecule has 0 radical (unpaired) electrons. The Labute approximate surface area is 224 Å². The Morgan fingerprint density at radius 3 is 2.26 bits per heavy atom. The number of halogens is 3. The van der Waals surface area contributed by atoms with Crippen LogP contribution in [0.1, 0.15) is 72.2 Å². The van der Waals surface area contributed by atoms with Crippen molar-refractivity contribution >= 4 is 23.6 Å². The highest BCUT2D eigenvalue weighted by Gasteiger charge is 2.30. The molecule has 2 N–H and O–H groups in total. The molecule has 0 aliphatic rings. The molecule has 3 rings (SSSR count). The van der Waals surface area contributed by atoms with Gasteiger partial charge in [-0.1, -0.05) is 50.8 Å². The molecule has 1 atom stereocenters. The number of amides is 1.